The summed E-state index contributed by atoms with van der Waals surface area (Å²) in [6, 6.07) is 15.0. The van der Waals surface area contributed by atoms with E-state index < -0.39 is 5.97 Å². The van der Waals surface area contributed by atoms with Crippen LogP contribution in [0.3, 0.4) is 0 Å². The van der Waals surface area contributed by atoms with Crippen molar-refractivity contribution in [3.63, 3.8) is 0 Å². The van der Waals surface area contributed by atoms with E-state index in [1.807, 2.05) is 0 Å². The fraction of sp³-hybridized carbons (Fsp3) is 0.130. The Morgan fingerprint density at radius 2 is 1.63 bits per heavy atom. The molecule has 0 amide bonds. The topological polar surface area (TPSA) is 87.1 Å². The lowest BCUT2D eigenvalue weighted by Gasteiger charge is -2.09. The minimum Gasteiger partial charge on any atom is -0.493 e. The maximum absolute atomic E-state index is 12.2. The number of benzene rings is 2. The van der Waals surface area contributed by atoms with Crippen molar-refractivity contribution in [3.8, 4) is 11.5 Å². The largest absolute Gasteiger partial charge is 0.493 e. The van der Waals surface area contributed by atoms with Gasteiger partial charge in [0.1, 0.15) is 0 Å². The Balaban J connectivity index is 1.71. The van der Waals surface area contributed by atoms with Gasteiger partial charge in [-0.15, -0.1) is 0 Å². The standard InChI is InChI=1S/C23H20N2O5/c1-3-29-22(26)17-5-7-19(8-6-17)25-15-16-4-9-20(21(14-16)28-2)30-23(27)18-10-12-24-13-11-18/h4-15H,3H2,1-2H3. The lowest BCUT2D eigenvalue weighted by Crippen LogP contribution is -2.09. The van der Waals surface area contributed by atoms with E-state index in [1.165, 1.54) is 19.5 Å². The van der Waals surface area contributed by atoms with Gasteiger partial charge in [0.25, 0.3) is 0 Å². The molecule has 3 rings (SSSR count). The van der Waals surface area contributed by atoms with Crippen molar-refractivity contribution in [1.82, 2.24) is 4.98 Å². The van der Waals surface area contributed by atoms with Crippen LogP contribution in [0.5, 0.6) is 11.5 Å². The minimum atomic E-state index is -0.501. The Labute approximate surface area is 174 Å². The highest BCUT2D eigenvalue weighted by atomic mass is 16.6. The quantitative estimate of drug-likeness (QED) is 0.333. The molecule has 0 spiro atoms. The van der Waals surface area contributed by atoms with E-state index in [0.717, 1.165) is 5.56 Å². The highest BCUT2D eigenvalue weighted by Crippen LogP contribution is 2.28. The third-order valence-electron chi connectivity index (χ3n) is 4.05. The molecule has 0 saturated carbocycles. The lowest BCUT2D eigenvalue weighted by molar-refractivity contribution is 0.0526. The molecule has 7 heteroatoms. The number of ether oxygens (including phenoxy) is 3. The number of esters is 2. The summed E-state index contributed by atoms with van der Waals surface area (Å²) in [5, 5.41) is 0. The van der Waals surface area contributed by atoms with Gasteiger partial charge in [-0.1, -0.05) is 0 Å². The van der Waals surface area contributed by atoms with Crippen LogP contribution in [0, 0.1) is 0 Å². The van der Waals surface area contributed by atoms with Gasteiger partial charge in [0.15, 0.2) is 11.5 Å². The zero-order valence-corrected chi connectivity index (χ0v) is 16.6. The maximum atomic E-state index is 12.2. The number of carbonyl (C=O) groups is 2. The van der Waals surface area contributed by atoms with Gasteiger partial charge >= 0.3 is 11.9 Å². The number of rotatable bonds is 7. The van der Waals surface area contributed by atoms with Gasteiger partial charge in [-0.3, -0.25) is 9.98 Å². The van der Waals surface area contributed by atoms with Crippen LogP contribution in [0.15, 0.2) is 72.0 Å². The second kappa shape index (κ2) is 9.97. The third-order valence-corrected chi connectivity index (χ3v) is 4.05. The van der Waals surface area contributed by atoms with Gasteiger partial charge in [0.05, 0.1) is 30.5 Å². The van der Waals surface area contributed by atoms with Crippen LogP contribution in [0.4, 0.5) is 5.69 Å². The number of hydrogen-bond acceptors (Lipinski definition) is 7. The summed E-state index contributed by atoms with van der Waals surface area (Å²) in [4.78, 5) is 32.2. The predicted molar refractivity (Wildman–Crippen MR) is 112 cm³/mol. The minimum absolute atomic E-state index is 0.301. The highest BCUT2D eigenvalue weighted by Gasteiger charge is 2.12. The molecule has 0 radical (unpaired) electrons. The van der Waals surface area contributed by atoms with E-state index in [-0.39, 0.29) is 5.97 Å². The van der Waals surface area contributed by atoms with Crippen molar-refractivity contribution >= 4 is 23.8 Å². The second-order valence-corrected chi connectivity index (χ2v) is 6.06. The Morgan fingerprint density at radius 1 is 0.933 bits per heavy atom. The number of pyridine rings is 1. The van der Waals surface area contributed by atoms with Gasteiger partial charge in [0, 0.05) is 18.6 Å². The molecular weight excluding hydrogens is 384 g/mol. The van der Waals surface area contributed by atoms with Gasteiger partial charge in [0.2, 0.25) is 0 Å². The van der Waals surface area contributed by atoms with Crippen molar-refractivity contribution in [2.45, 2.75) is 6.92 Å². The molecule has 0 unspecified atom stereocenters. The molecule has 0 aliphatic carbocycles. The lowest BCUT2D eigenvalue weighted by atomic mass is 10.2. The van der Waals surface area contributed by atoms with Crippen molar-refractivity contribution in [3.05, 3.63) is 83.7 Å². The summed E-state index contributed by atoms with van der Waals surface area (Å²) >= 11 is 0. The average molecular weight is 404 g/mol. The van der Waals surface area contributed by atoms with Crippen LogP contribution in [0.2, 0.25) is 0 Å². The molecule has 0 aliphatic heterocycles. The molecule has 0 N–H and O–H groups in total. The molecular formula is C23H20N2O5. The molecule has 0 atom stereocenters. The zero-order chi connectivity index (χ0) is 21.3. The number of nitrogens with zero attached hydrogens (tertiary/aromatic N) is 2. The van der Waals surface area contributed by atoms with Crippen LogP contribution in [-0.2, 0) is 4.74 Å². The molecule has 152 valence electrons. The van der Waals surface area contributed by atoms with Crippen LogP contribution in [0.25, 0.3) is 0 Å². The van der Waals surface area contributed by atoms with Crippen molar-refractivity contribution in [2.24, 2.45) is 4.99 Å². The number of hydrogen-bond donors (Lipinski definition) is 0. The monoisotopic (exact) mass is 404 g/mol. The summed E-state index contributed by atoms with van der Waals surface area (Å²) in [5.41, 5.74) is 2.29. The Kier molecular flexibility index (Phi) is 6.89. The summed E-state index contributed by atoms with van der Waals surface area (Å²) in [6.45, 7) is 2.09. The molecule has 3 aromatic rings. The van der Waals surface area contributed by atoms with E-state index in [1.54, 1.807) is 67.7 Å². The molecule has 2 aromatic carbocycles. The molecule has 0 aliphatic rings. The van der Waals surface area contributed by atoms with E-state index >= 15 is 0 Å². The molecule has 30 heavy (non-hydrogen) atoms. The van der Waals surface area contributed by atoms with Gasteiger partial charge in [-0.05, 0) is 67.1 Å². The molecule has 0 fully saturated rings. The van der Waals surface area contributed by atoms with Crippen molar-refractivity contribution in [2.75, 3.05) is 13.7 Å². The Bertz CT molecular complexity index is 1050. The van der Waals surface area contributed by atoms with Crippen LogP contribution in [0.1, 0.15) is 33.2 Å². The first kappa shape index (κ1) is 20.7. The zero-order valence-electron chi connectivity index (χ0n) is 16.6. The van der Waals surface area contributed by atoms with E-state index in [0.29, 0.717) is 34.9 Å². The molecule has 0 saturated heterocycles. The normalized spacial score (nSPS) is 10.6. The number of aliphatic imine (C=N–C) groups is 1. The van der Waals surface area contributed by atoms with E-state index in [4.69, 9.17) is 14.2 Å². The first-order valence-corrected chi connectivity index (χ1v) is 9.22. The average Bonchev–Trinajstić information content (AvgIpc) is 2.79. The maximum Gasteiger partial charge on any atom is 0.343 e. The van der Waals surface area contributed by atoms with Crippen LogP contribution >= 0.6 is 0 Å². The predicted octanol–water partition coefficient (Wildman–Crippen LogP) is 4.24. The first-order chi connectivity index (χ1) is 14.6. The fourth-order valence-corrected chi connectivity index (χ4v) is 2.54. The van der Waals surface area contributed by atoms with Gasteiger partial charge in [-0.2, -0.15) is 0 Å². The summed E-state index contributed by atoms with van der Waals surface area (Å²) < 4.78 is 15.7. The molecule has 0 bridgehead atoms. The SMILES string of the molecule is CCOC(=O)c1ccc(N=Cc2ccc(OC(=O)c3ccncc3)c(OC)c2)cc1. The molecule has 7 nitrogen and oxygen atoms in total. The molecule has 1 aromatic heterocycles. The Hall–Kier alpha value is -4.00. The van der Waals surface area contributed by atoms with Crippen molar-refractivity contribution < 1.29 is 23.8 Å². The Morgan fingerprint density at radius 3 is 2.30 bits per heavy atom. The fourth-order valence-electron chi connectivity index (χ4n) is 2.54. The summed E-state index contributed by atoms with van der Waals surface area (Å²) in [6.07, 6.45) is 4.69. The van der Waals surface area contributed by atoms with Crippen LogP contribution in [-0.4, -0.2) is 36.9 Å². The van der Waals surface area contributed by atoms with Gasteiger partial charge in [-0.25, -0.2) is 9.59 Å². The van der Waals surface area contributed by atoms with Gasteiger partial charge < -0.3 is 14.2 Å². The third kappa shape index (κ3) is 5.29. The highest BCUT2D eigenvalue weighted by molar-refractivity contribution is 5.92. The second-order valence-electron chi connectivity index (χ2n) is 6.06. The first-order valence-electron chi connectivity index (χ1n) is 9.22. The van der Waals surface area contributed by atoms with Crippen molar-refractivity contribution in [1.29, 1.82) is 0 Å². The van der Waals surface area contributed by atoms with E-state index in [9.17, 15) is 9.59 Å². The van der Waals surface area contributed by atoms with Crippen LogP contribution < -0.4 is 9.47 Å². The number of methoxy groups -OCH3 is 1. The van der Waals surface area contributed by atoms with E-state index in [2.05, 4.69) is 9.98 Å². The molecule has 1 heterocycles. The number of carbonyl (C=O) groups excluding carboxylic acids is 2. The smallest absolute Gasteiger partial charge is 0.343 e. The summed E-state index contributed by atoms with van der Waals surface area (Å²) in [5.74, 6) is -0.164. The number of aromatic nitrogens is 1. The summed E-state index contributed by atoms with van der Waals surface area (Å²) in [7, 11) is 1.49.